The lowest BCUT2D eigenvalue weighted by molar-refractivity contribution is 0.0935. The van der Waals surface area contributed by atoms with Crippen LogP contribution in [0.1, 0.15) is 28.9 Å². The predicted molar refractivity (Wildman–Crippen MR) is 90.0 cm³/mol. The Hall–Kier alpha value is -1.85. The Bertz CT molecular complexity index is 711. The molecule has 5 heteroatoms. The minimum absolute atomic E-state index is 0.0325. The molecule has 0 saturated carbocycles. The summed E-state index contributed by atoms with van der Waals surface area (Å²) < 4.78 is 0. The van der Waals surface area contributed by atoms with Gasteiger partial charge in [0.05, 0.1) is 4.88 Å². The maximum atomic E-state index is 12.4. The van der Waals surface area contributed by atoms with E-state index in [9.17, 15) is 4.79 Å². The van der Waals surface area contributed by atoms with E-state index >= 15 is 0 Å². The normalized spacial score (nSPS) is 26.3. The molecule has 3 unspecified atom stereocenters. The average molecular weight is 313 g/mol. The summed E-state index contributed by atoms with van der Waals surface area (Å²) in [7, 11) is 0. The summed E-state index contributed by atoms with van der Waals surface area (Å²) in [5.74, 6) is 0.0325. The van der Waals surface area contributed by atoms with E-state index in [1.54, 1.807) is 0 Å². The topological polar surface area (TPSA) is 67.2 Å². The number of anilines is 1. The zero-order chi connectivity index (χ0) is 15.1. The molecule has 2 bridgehead atoms. The molecule has 4 rings (SSSR count). The zero-order valence-electron chi connectivity index (χ0n) is 12.2. The molecule has 4 nitrogen and oxygen atoms in total. The van der Waals surface area contributed by atoms with Gasteiger partial charge in [-0.15, -0.1) is 11.3 Å². The third-order valence-electron chi connectivity index (χ3n) is 4.67. The van der Waals surface area contributed by atoms with E-state index in [1.165, 1.54) is 24.2 Å². The van der Waals surface area contributed by atoms with Crippen LogP contribution in [0.3, 0.4) is 0 Å². The molecule has 2 saturated heterocycles. The van der Waals surface area contributed by atoms with Crippen LogP contribution in [0.5, 0.6) is 0 Å². The zero-order valence-corrected chi connectivity index (χ0v) is 13.0. The Morgan fingerprint density at radius 1 is 1.23 bits per heavy atom. The van der Waals surface area contributed by atoms with Crippen LogP contribution >= 0.6 is 11.3 Å². The highest BCUT2D eigenvalue weighted by Crippen LogP contribution is 2.33. The van der Waals surface area contributed by atoms with Crippen molar-refractivity contribution in [2.45, 2.75) is 37.4 Å². The molecule has 3 atom stereocenters. The fraction of sp³-hybridized carbons (Fsp3) is 0.353. The third-order valence-corrected chi connectivity index (χ3v) is 5.79. The van der Waals surface area contributed by atoms with Crippen LogP contribution in [0.2, 0.25) is 0 Å². The molecular weight excluding hydrogens is 294 g/mol. The Balaban J connectivity index is 1.49. The van der Waals surface area contributed by atoms with Gasteiger partial charge < -0.3 is 16.4 Å². The molecule has 1 amide bonds. The number of nitrogens with one attached hydrogen (secondary N) is 2. The highest BCUT2D eigenvalue weighted by Gasteiger charge is 2.39. The van der Waals surface area contributed by atoms with Gasteiger partial charge in [-0.05, 0) is 37.5 Å². The van der Waals surface area contributed by atoms with Crippen LogP contribution in [-0.2, 0) is 0 Å². The van der Waals surface area contributed by atoms with Crippen molar-refractivity contribution in [3.63, 3.8) is 0 Å². The second-order valence-corrected chi connectivity index (χ2v) is 7.20. The smallest absolute Gasteiger partial charge is 0.261 e. The second kappa shape index (κ2) is 5.41. The first-order chi connectivity index (χ1) is 10.7. The number of carbonyl (C=O) groups excluding carboxylic acids is 1. The first kappa shape index (κ1) is 13.8. The van der Waals surface area contributed by atoms with Crippen molar-refractivity contribution in [1.82, 2.24) is 10.6 Å². The number of para-hydroxylation sites is 1. The summed E-state index contributed by atoms with van der Waals surface area (Å²) >= 11 is 1.50. The van der Waals surface area contributed by atoms with Gasteiger partial charge in [0.2, 0.25) is 0 Å². The first-order valence-electron chi connectivity index (χ1n) is 7.72. The maximum absolute atomic E-state index is 12.4. The van der Waals surface area contributed by atoms with E-state index in [1.807, 2.05) is 36.4 Å². The Kier molecular flexibility index (Phi) is 3.39. The molecular formula is C17H19N3OS. The SMILES string of the molecule is Nc1ccccc1-c1ccc(C(=O)NC2CC3CCC2N3)s1. The van der Waals surface area contributed by atoms with Gasteiger partial charge in [0.25, 0.3) is 5.91 Å². The maximum Gasteiger partial charge on any atom is 0.261 e. The van der Waals surface area contributed by atoms with Gasteiger partial charge >= 0.3 is 0 Å². The molecule has 0 radical (unpaired) electrons. The Morgan fingerprint density at radius 2 is 2.09 bits per heavy atom. The van der Waals surface area contributed by atoms with E-state index in [2.05, 4.69) is 10.6 Å². The van der Waals surface area contributed by atoms with Crippen LogP contribution in [0.25, 0.3) is 10.4 Å². The number of carbonyl (C=O) groups is 1. The molecule has 0 aliphatic carbocycles. The molecule has 114 valence electrons. The highest BCUT2D eigenvalue weighted by atomic mass is 32.1. The van der Waals surface area contributed by atoms with Crippen molar-refractivity contribution in [3.05, 3.63) is 41.3 Å². The summed E-state index contributed by atoms with van der Waals surface area (Å²) in [6, 6.07) is 13.0. The van der Waals surface area contributed by atoms with Crippen LogP contribution in [0.4, 0.5) is 5.69 Å². The van der Waals surface area contributed by atoms with Gasteiger partial charge in [0.15, 0.2) is 0 Å². The van der Waals surface area contributed by atoms with E-state index in [4.69, 9.17) is 5.73 Å². The molecule has 3 heterocycles. The van der Waals surface area contributed by atoms with E-state index in [-0.39, 0.29) is 11.9 Å². The number of benzene rings is 1. The molecule has 2 aliphatic heterocycles. The van der Waals surface area contributed by atoms with Gasteiger partial charge in [0.1, 0.15) is 0 Å². The van der Waals surface area contributed by atoms with Crippen molar-refractivity contribution in [3.8, 4) is 10.4 Å². The minimum atomic E-state index is 0.0325. The summed E-state index contributed by atoms with van der Waals surface area (Å²) in [6.07, 6.45) is 3.47. The fourth-order valence-corrected chi connectivity index (χ4v) is 4.51. The summed E-state index contributed by atoms with van der Waals surface area (Å²) in [4.78, 5) is 14.2. The van der Waals surface area contributed by atoms with Crippen LogP contribution in [0, 0.1) is 0 Å². The second-order valence-electron chi connectivity index (χ2n) is 6.11. The number of nitrogens with two attached hydrogens (primary N) is 1. The quantitative estimate of drug-likeness (QED) is 0.763. The molecule has 0 spiro atoms. The first-order valence-corrected chi connectivity index (χ1v) is 8.54. The Morgan fingerprint density at radius 3 is 2.82 bits per heavy atom. The third kappa shape index (κ3) is 2.40. The lowest BCUT2D eigenvalue weighted by Crippen LogP contribution is -2.42. The molecule has 2 aromatic rings. The molecule has 2 aliphatic rings. The number of nitrogen functional groups attached to an aromatic ring is 1. The van der Waals surface area contributed by atoms with Gasteiger partial charge in [-0.2, -0.15) is 0 Å². The molecule has 22 heavy (non-hydrogen) atoms. The van der Waals surface area contributed by atoms with Crippen molar-refractivity contribution in [2.75, 3.05) is 5.73 Å². The average Bonchev–Trinajstić information content (AvgIpc) is 3.24. The number of thiophene rings is 1. The number of fused-ring (bicyclic) bond motifs is 2. The standard InChI is InChI=1S/C17H19N3OS/c18-12-4-2-1-3-11(12)15-7-8-16(22-15)17(21)20-14-9-10-5-6-13(14)19-10/h1-4,7-8,10,13-14,19H,5-6,9,18H2,(H,20,21). The molecule has 1 aromatic carbocycles. The predicted octanol–water partition coefficient (Wildman–Crippen LogP) is 2.62. The van der Waals surface area contributed by atoms with Gasteiger partial charge in [0, 0.05) is 34.3 Å². The fourth-order valence-electron chi connectivity index (χ4n) is 3.55. The lowest BCUT2D eigenvalue weighted by atomic mass is 9.95. The summed E-state index contributed by atoms with van der Waals surface area (Å²) in [5, 5.41) is 6.73. The van der Waals surface area contributed by atoms with Crippen LogP contribution in [0.15, 0.2) is 36.4 Å². The van der Waals surface area contributed by atoms with E-state index < -0.39 is 0 Å². The Labute approximate surface area is 133 Å². The lowest BCUT2D eigenvalue weighted by Gasteiger charge is -2.20. The van der Waals surface area contributed by atoms with Crippen LogP contribution < -0.4 is 16.4 Å². The molecule has 1 aromatic heterocycles. The summed E-state index contributed by atoms with van der Waals surface area (Å²) in [6.45, 7) is 0. The van der Waals surface area contributed by atoms with E-state index in [0.29, 0.717) is 12.1 Å². The van der Waals surface area contributed by atoms with Gasteiger partial charge in [-0.1, -0.05) is 18.2 Å². The summed E-state index contributed by atoms with van der Waals surface area (Å²) in [5.41, 5.74) is 7.75. The highest BCUT2D eigenvalue weighted by molar-refractivity contribution is 7.17. The van der Waals surface area contributed by atoms with Gasteiger partial charge in [-0.25, -0.2) is 0 Å². The van der Waals surface area contributed by atoms with Gasteiger partial charge in [-0.3, -0.25) is 4.79 Å². The van der Waals surface area contributed by atoms with Crippen LogP contribution in [-0.4, -0.2) is 24.0 Å². The minimum Gasteiger partial charge on any atom is -0.398 e. The number of hydrogen-bond acceptors (Lipinski definition) is 4. The van der Waals surface area contributed by atoms with E-state index in [0.717, 1.165) is 27.4 Å². The largest absolute Gasteiger partial charge is 0.398 e. The van der Waals surface area contributed by atoms with Crippen molar-refractivity contribution in [2.24, 2.45) is 0 Å². The number of amides is 1. The number of rotatable bonds is 3. The monoisotopic (exact) mass is 313 g/mol. The number of hydrogen-bond donors (Lipinski definition) is 3. The van der Waals surface area contributed by atoms with Crippen molar-refractivity contribution in [1.29, 1.82) is 0 Å². The molecule has 2 fully saturated rings. The van der Waals surface area contributed by atoms with Crippen molar-refractivity contribution >= 4 is 22.9 Å². The van der Waals surface area contributed by atoms with Crippen molar-refractivity contribution < 1.29 is 4.79 Å². The molecule has 4 N–H and O–H groups in total.